The van der Waals surface area contributed by atoms with E-state index in [1.165, 1.54) is 12.5 Å². The summed E-state index contributed by atoms with van der Waals surface area (Å²) in [6, 6.07) is 3.40. The van der Waals surface area contributed by atoms with Gasteiger partial charge in [0.2, 0.25) is 15.9 Å². The average Bonchev–Trinajstić information content (AvgIpc) is 2.77. The van der Waals surface area contributed by atoms with Crippen LogP contribution in [-0.2, 0) is 21.2 Å². The van der Waals surface area contributed by atoms with Crippen molar-refractivity contribution >= 4 is 27.3 Å². The molecule has 2 rings (SSSR count). The second kappa shape index (κ2) is 5.60. The van der Waals surface area contributed by atoms with Crippen molar-refractivity contribution in [1.82, 2.24) is 4.90 Å². The van der Waals surface area contributed by atoms with Gasteiger partial charge in [0.05, 0.1) is 6.42 Å². The fraction of sp³-hybridized carbons (Fsp3) is 0.583. The summed E-state index contributed by atoms with van der Waals surface area (Å²) < 4.78 is 22.5. The first kappa shape index (κ1) is 14.5. The van der Waals surface area contributed by atoms with Crippen molar-refractivity contribution in [1.29, 1.82) is 0 Å². The molecular formula is C12H18N2O3S2. The molecule has 1 aromatic heterocycles. The number of nitrogens with two attached hydrogens (primary N) is 1. The van der Waals surface area contributed by atoms with Gasteiger partial charge in [0.1, 0.15) is 4.21 Å². The molecule has 0 bridgehead atoms. The Morgan fingerprint density at radius 3 is 2.79 bits per heavy atom. The van der Waals surface area contributed by atoms with Crippen molar-refractivity contribution in [3.05, 3.63) is 17.0 Å². The van der Waals surface area contributed by atoms with Crippen LogP contribution in [0.15, 0.2) is 16.3 Å². The second-order valence-electron chi connectivity index (χ2n) is 4.87. The molecule has 1 fully saturated rings. The Bertz CT molecular complexity index is 565. The molecule has 1 aliphatic rings. The van der Waals surface area contributed by atoms with E-state index < -0.39 is 10.0 Å². The van der Waals surface area contributed by atoms with Gasteiger partial charge in [-0.3, -0.25) is 4.79 Å². The number of carbonyl (C=O) groups is 1. The molecule has 0 spiro atoms. The van der Waals surface area contributed by atoms with E-state index in [1.807, 2.05) is 4.90 Å². The molecule has 1 unspecified atom stereocenters. The zero-order valence-corrected chi connectivity index (χ0v) is 12.5. The molecule has 1 aromatic rings. The molecular weight excluding hydrogens is 284 g/mol. The fourth-order valence-electron chi connectivity index (χ4n) is 2.33. The number of carbonyl (C=O) groups excluding carboxylic acids is 1. The van der Waals surface area contributed by atoms with Crippen LogP contribution in [0.25, 0.3) is 0 Å². The number of likely N-dealkylation sites (tertiary alicyclic amines) is 1. The quantitative estimate of drug-likeness (QED) is 0.915. The second-order valence-corrected chi connectivity index (χ2v) is 7.83. The molecule has 1 saturated heterocycles. The van der Waals surface area contributed by atoms with Gasteiger partial charge in [-0.05, 0) is 38.3 Å². The summed E-state index contributed by atoms with van der Waals surface area (Å²) in [7, 11) is -3.66. The zero-order valence-electron chi connectivity index (χ0n) is 10.8. The third-order valence-corrected chi connectivity index (χ3v) is 5.89. The van der Waals surface area contributed by atoms with Crippen LogP contribution in [0, 0.1) is 0 Å². The molecule has 2 N–H and O–H groups in total. The van der Waals surface area contributed by atoms with Crippen LogP contribution in [0.1, 0.15) is 31.1 Å². The Kier molecular flexibility index (Phi) is 4.27. The number of piperidine rings is 1. The highest BCUT2D eigenvalue weighted by molar-refractivity contribution is 7.91. The minimum atomic E-state index is -3.66. The van der Waals surface area contributed by atoms with Gasteiger partial charge in [0.15, 0.2) is 0 Å². The molecule has 7 heteroatoms. The van der Waals surface area contributed by atoms with E-state index in [-0.39, 0.29) is 22.6 Å². The van der Waals surface area contributed by atoms with Crippen LogP contribution in [-0.4, -0.2) is 31.8 Å². The number of hydrogen-bond acceptors (Lipinski definition) is 4. The lowest BCUT2D eigenvalue weighted by Gasteiger charge is -2.33. The number of primary sulfonamides is 1. The summed E-state index contributed by atoms with van der Waals surface area (Å²) >= 11 is 1.07. The molecule has 1 aliphatic heterocycles. The van der Waals surface area contributed by atoms with E-state index in [0.717, 1.165) is 35.6 Å². The molecule has 2 heterocycles. The van der Waals surface area contributed by atoms with Gasteiger partial charge in [-0.25, -0.2) is 13.6 Å². The topological polar surface area (TPSA) is 80.5 Å². The molecule has 106 valence electrons. The first-order chi connectivity index (χ1) is 8.88. The Morgan fingerprint density at radius 1 is 1.47 bits per heavy atom. The van der Waals surface area contributed by atoms with Gasteiger partial charge < -0.3 is 4.90 Å². The molecule has 1 atom stereocenters. The highest BCUT2D eigenvalue weighted by atomic mass is 32.2. The molecule has 1 amide bonds. The van der Waals surface area contributed by atoms with Crippen molar-refractivity contribution in [2.24, 2.45) is 5.14 Å². The van der Waals surface area contributed by atoms with Gasteiger partial charge in [-0.15, -0.1) is 11.3 Å². The van der Waals surface area contributed by atoms with Crippen molar-refractivity contribution in [3.8, 4) is 0 Å². The third kappa shape index (κ3) is 3.55. The van der Waals surface area contributed by atoms with E-state index in [9.17, 15) is 13.2 Å². The van der Waals surface area contributed by atoms with Gasteiger partial charge in [-0.1, -0.05) is 0 Å². The van der Waals surface area contributed by atoms with Gasteiger partial charge in [0.25, 0.3) is 0 Å². The molecule has 0 aliphatic carbocycles. The average molecular weight is 302 g/mol. The highest BCUT2D eigenvalue weighted by Crippen LogP contribution is 2.23. The first-order valence-corrected chi connectivity index (χ1v) is 8.65. The molecule has 5 nitrogen and oxygen atoms in total. The number of rotatable bonds is 3. The standard InChI is InChI=1S/C12H18N2O3S2/c1-9-4-2-3-7-14(9)11(15)8-10-5-6-12(18-10)19(13,16)17/h5-6,9H,2-4,7-8H2,1H3,(H2,13,16,17). The highest BCUT2D eigenvalue weighted by Gasteiger charge is 2.23. The predicted octanol–water partition coefficient (Wildman–Crippen LogP) is 1.34. The van der Waals surface area contributed by atoms with Crippen molar-refractivity contribution in [3.63, 3.8) is 0 Å². The van der Waals surface area contributed by atoms with E-state index >= 15 is 0 Å². The summed E-state index contributed by atoms with van der Waals surface area (Å²) in [4.78, 5) is 14.8. The van der Waals surface area contributed by atoms with Gasteiger partial charge in [-0.2, -0.15) is 0 Å². The first-order valence-electron chi connectivity index (χ1n) is 6.29. The Labute approximate surface area is 117 Å². The minimum Gasteiger partial charge on any atom is -0.340 e. The summed E-state index contributed by atoms with van der Waals surface area (Å²) in [5, 5.41) is 5.05. The van der Waals surface area contributed by atoms with E-state index in [1.54, 1.807) is 6.07 Å². The van der Waals surface area contributed by atoms with Gasteiger partial charge in [0, 0.05) is 17.5 Å². The summed E-state index contributed by atoms with van der Waals surface area (Å²) in [6.45, 7) is 2.86. The summed E-state index contributed by atoms with van der Waals surface area (Å²) in [5.74, 6) is 0.0648. The maximum atomic E-state index is 12.2. The predicted molar refractivity (Wildman–Crippen MR) is 74.4 cm³/mol. The maximum Gasteiger partial charge on any atom is 0.247 e. The van der Waals surface area contributed by atoms with Crippen molar-refractivity contribution in [2.75, 3.05) is 6.54 Å². The smallest absolute Gasteiger partial charge is 0.247 e. The number of thiophene rings is 1. The molecule has 19 heavy (non-hydrogen) atoms. The SMILES string of the molecule is CC1CCCCN1C(=O)Cc1ccc(S(N)(=O)=O)s1. The summed E-state index contributed by atoms with van der Waals surface area (Å²) in [6.07, 6.45) is 3.51. The van der Waals surface area contributed by atoms with Gasteiger partial charge >= 0.3 is 0 Å². The third-order valence-electron chi connectivity index (χ3n) is 3.37. The molecule has 0 saturated carbocycles. The van der Waals surface area contributed by atoms with Crippen LogP contribution in [0.2, 0.25) is 0 Å². The van der Waals surface area contributed by atoms with Crippen molar-refractivity contribution in [2.45, 2.75) is 42.9 Å². The molecule has 0 radical (unpaired) electrons. The van der Waals surface area contributed by atoms with E-state index in [4.69, 9.17) is 5.14 Å². The lowest BCUT2D eigenvalue weighted by Crippen LogP contribution is -2.42. The Hall–Kier alpha value is -0.920. The van der Waals surface area contributed by atoms with E-state index in [2.05, 4.69) is 6.92 Å². The molecule has 0 aromatic carbocycles. The van der Waals surface area contributed by atoms with Crippen LogP contribution < -0.4 is 5.14 Å². The van der Waals surface area contributed by atoms with Crippen LogP contribution >= 0.6 is 11.3 Å². The van der Waals surface area contributed by atoms with Crippen LogP contribution in [0.4, 0.5) is 0 Å². The fourth-order valence-corrected chi connectivity index (χ4v) is 4.10. The minimum absolute atomic E-state index is 0.0648. The van der Waals surface area contributed by atoms with Crippen molar-refractivity contribution < 1.29 is 13.2 Å². The zero-order chi connectivity index (χ0) is 14.0. The maximum absolute atomic E-state index is 12.2. The van der Waals surface area contributed by atoms with Crippen LogP contribution in [0.3, 0.4) is 0 Å². The Balaban J connectivity index is 2.04. The number of amides is 1. The Morgan fingerprint density at radius 2 is 2.21 bits per heavy atom. The lowest BCUT2D eigenvalue weighted by molar-refractivity contribution is -0.133. The van der Waals surface area contributed by atoms with E-state index in [0.29, 0.717) is 0 Å². The number of sulfonamides is 1. The lowest BCUT2D eigenvalue weighted by atomic mass is 10.0. The number of hydrogen-bond donors (Lipinski definition) is 1. The summed E-state index contributed by atoms with van der Waals surface area (Å²) in [5.41, 5.74) is 0. The monoisotopic (exact) mass is 302 g/mol. The number of nitrogens with zero attached hydrogens (tertiary/aromatic N) is 1. The normalized spacial score (nSPS) is 20.5. The largest absolute Gasteiger partial charge is 0.340 e. The van der Waals surface area contributed by atoms with Crippen LogP contribution in [0.5, 0.6) is 0 Å².